The maximum absolute atomic E-state index is 14.1. The summed E-state index contributed by atoms with van der Waals surface area (Å²) < 4.78 is 126. The number of nitriles is 7. The van der Waals surface area contributed by atoms with E-state index in [4.69, 9.17) is 0 Å². The van der Waals surface area contributed by atoms with Crippen LogP contribution in [0.2, 0.25) is 0 Å². The van der Waals surface area contributed by atoms with Crippen LogP contribution in [0, 0.1) is 86.2 Å². The lowest BCUT2D eigenvalue weighted by molar-refractivity contribution is -0.143. The second kappa shape index (κ2) is 12.6. The Kier molecular flexibility index (Phi) is 8.75. The molecule has 0 amide bonds. The normalized spacial score (nSPS) is 13.5. The number of alkyl halides is 9. The second-order valence-corrected chi connectivity index (χ2v) is 11.3. The molecule has 0 N–H and O–H groups in total. The third-order valence-corrected chi connectivity index (χ3v) is 8.25. The Morgan fingerprint density at radius 2 is 0.868 bits per heavy atom. The van der Waals surface area contributed by atoms with Gasteiger partial charge in [-0.3, -0.25) is 0 Å². The first kappa shape index (κ1) is 36.7. The van der Waals surface area contributed by atoms with Crippen LogP contribution in [0.25, 0.3) is 33.4 Å². The van der Waals surface area contributed by atoms with Gasteiger partial charge >= 0.3 is 18.5 Å². The number of hydrogen-bond donors (Lipinski definition) is 0. The summed E-state index contributed by atoms with van der Waals surface area (Å²) in [5.74, 6) is 0. The van der Waals surface area contributed by atoms with Crippen LogP contribution in [0.1, 0.15) is 61.2 Å². The molecule has 5 rings (SSSR count). The van der Waals surface area contributed by atoms with E-state index in [-0.39, 0.29) is 56.7 Å². The molecule has 3 aromatic carbocycles. The minimum Gasteiger partial charge on any atom is -0.192 e. The number of fused-ring (bicyclic) bond motifs is 2. The topological polar surface area (TPSA) is 167 Å². The molecule has 2 aliphatic carbocycles. The van der Waals surface area contributed by atoms with Gasteiger partial charge in [-0.05, 0) is 71.1 Å². The molecular formula is C37H10F9N7. The molecule has 53 heavy (non-hydrogen) atoms. The van der Waals surface area contributed by atoms with Crippen LogP contribution in [0.15, 0.2) is 53.6 Å². The average Bonchev–Trinajstić information content (AvgIpc) is 3.58. The Morgan fingerprint density at radius 3 is 1.19 bits per heavy atom. The number of allylic oxidation sites excluding steroid dienone is 8. The number of halogens is 9. The van der Waals surface area contributed by atoms with Gasteiger partial charge < -0.3 is 0 Å². The van der Waals surface area contributed by atoms with Crippen molar-refractivity contribution >= 4 is 33.4 Å². The Labute approximate surface area is 292 Å². The summed E-state index contributed by atoms with van der Waals surface area (Å²) in [5, 5.41) is 69.6. The molecule has 3 aromatic rings. The molecule has 0 atom stereocenters. The molecule has 0 bridgehead atoms. The fourth-order valence-corrected chi connectivity index (χ4v) is 6.26. The summed E-state index contributed by atoms with van der Waals surface area (Å²) in [6.45, 7) is 1.31. The smallest absolute Gasteiger partial charge is 0.192 e. The van der Waals surface area contributed by atoms with Crippen LogP contribution >= 0.6 is 0 Å². The highest BCUT2D eigenvalue weighted by molar-refractivity contribution is 6.30. The minimum atomic E-state index is -5.55. The van der Waals surface area contributed by atoms with Gasteiger partial charge in [0.15, 0.2) is 0 Å². The van der Waals surface area contributed by atoms with E-state index in [1.165, 1.54) is 25.1 Å². The van der Waals surface area contributed by atoms with Gasteiger partial charge in [0.05, 0.1) is 33.4 Å². The first-order chi connectivity index (χ1) is 24.8. The average molecular weight is 724 g/mol. The Balaban J connectivity index is 1.97. The predicted octanol–water partition coefficient (Wildman–Crippen LogP) is 9.42. The predicted molar refractivity (Wildman–Crippen MR) is 165 cm³/mol. The van der Waals surface area contributed by atoms with E-state index < -0.39 is 79.8 Å². The molecule has 0 saturated carbocycles. The van der Waals surface area contributed by atoms with E-state index in [0.717, 1.165) is 24.3 Å². The molecule has 16 heteroatoms. The maximum Gasteiger partial charge on any atom is 0.417 e. The van der Waals surface area contributed by atoms with Crippen molar-refractivity contribution in [1.29, 1.82) is 36.8 Å². The largest absolute Gasteiger partial charge is 0.417 e. The summed E-state index contributed by atoms with van der Waals surface area (Å²) in [5.41, 5.74) is -14.1. The number of aryl methyl sites for hydroxylation is 1. The number of benzene rings is 3. The second-order valence-electron chi connectivity index (χ2n) is 11.3. The zero-order chi connectivity index (χ0) is 39.4. The fourth-order valence-electron chi connectivity index (χ4n) is 6.26. The third-order valence-electron chi connectivity index (χ3n) is 8.25. The van der Waals surface area contributed by atoms with E-state index in [9.17, 15) is 76.3 Å². The van der Waals surface area contributed by atoms with Gasteiger partial charge in [-0.15, -0.1) is 0 Å². The monoisotopic (exact) mass is 723 g/mol. The molecule has 0 heterocycles. The van der Waals surface area contributed by atoms with E-state index in [2.05, 4.69) is 0 Å². The van der Waals surface area contributed by atoms with Crippen molar-refractivity contribution in [3.63, 3.8) is 0 Å². The molecule has 0 spiro atoms. The summed E-state index contributed by atoms with van der Waals surface area (Å²) in [7, 11) is 0. The lowest BCUT2D eigenvalue weighted by Gasteiger charge is -2.18. The Hall–Kier alpha value is -7.58. The summed E-state index contributed by atoms with van der Waals surface area (Å²) in [6, 6.07) is 15.6. The van der Waals surface area contributed by atoms with Crippen molar-refractivity contribution in [2.24, 2.45) is 0 Å². The number of nitrogens with zero attached hydrogens (tertiary/aromatic N) is 7. The van der Waals surface area contributed by atoms with E-state index >= 15 is 0 Å². The molecule has 0 fully saturated rings. The van der Waals surface area contributed by atoms with Gasteiger partial charge in [0.25, 0.3) is 0 Å². The Morgan fingerprint density at radius 1 is 0.472 bits per heavy atom. The van der Waals surface area contributed by atoms with Gasteiger partial charge in [-0.1, -0.05) is 6.07 Å². The lowest BCUT2D eigenvalue weighted by Crippen LogP contribution is -2.16. The molecule has 0 unspecified atom stereocenters. The van der Waals surface area contributed by atoms with Crippen molar-refractivity contribution in [2.45, 2.75) is 25.5 Å². The maximum atomic E-state index is 14.1. The van der Waals surface area contributed by atoms with Crippen LogP contribution in [0.4, 0.5) is 39.5 Å². The molecule has 7 nitrogen and oxygen atoms in total. The van der Waals surface area contributed by atoms with Crippen molar-refractivity contribution in [2.75, 3.05) is 0 Å². The van der Waals surface area contributed by atoms with Crippen LogP contribution in [-0.2, 0) is 18.5 Å². The fraction of sp³-hybridized carbons (Fsp3) is 0.108. The van der Waals surface area contributed by atoms with Crippen molar-refractivity contribution in [3.05, 3.63) is 115 Å². The standard InChI is InChI=1S/C37H10F9N7/c1-16-2-17(4-21(3-16)35(38,39)40)31-26(13-51)22-7-25-23(8-24(22)33(31)19(9-47)10-48)27(14-52)32(34(25)20(11-49)12-50)18-5-29(36(41,42)43)28(15-53)30(6-18)37(44,45)46/h2-8H,1H3. The summed E-state index contributed by atoms with van der Waals surface area (Å²) in [4.78, 5) is 0. The number of hydrogen-bond acceptors (Lipinski definition) is 7. The van der Waals surface area contributed by atoms with Crippen molar-refractivity contribution in [1.82, 2.24) is 0 Å². The van der Waals surface area contributed by atoms with Crippen LogP contribution in [0.3, 0.4) is 0 Å². The summed E-state index contributed by atoms with van der Waals surface area (Å²) >= 11 is 0. The van der Waals surface area contributed by atoms with Crippen molar-refractivity contribution in [3.8, 4) is 42.5 Å². The summed E-state index contributed by atoms with van der Waals surface area (Å²) in [6.07, 6.45) is -16.0. The molecule has 0 aromatic heterocycles. The molecule has 256 valence electrons. The van der Waals surface area contributed by atoms with Gasteiger partial charge in [0, 0.05) is 33.4 Å². The number of rotatable bonds is 2. The lowest BCUT2D eigenvalue weighted by atomic mass is 9.88. The zero-order valence-electron chi connectivity index (χ0n) is 26.1. The van der Waals surface area contributed by atoms with Gasteiger partial charge in [0.2, 0.25) is 0 Å². The van der Waals surface area contributed by atoms with Crippen LogP contribution in [0.5, 0.6) is 0 Å². The SMILES string of the molecule is Cc1cc(C2=C(C#N)c3cc4c(cc3C2=C(C#N)C#N)C(C#N)=C(c2cc(C(F)(F)F)c(C#N)c(C(F)(F)F)c2)C4=C(C#N)C#N)cc(C(F)(F)F)c1. The molecule has 0 aliphatic heterocycles. The van der Waals surface area contributed by atoms with Gasteiger partial charge in [0.1, 0.15) is 53.6 Å². The van der Waals surface area contributed by atoms with Crippen LogP contribution < -0.4 is 0 Å². The minimum absolute atomic E-state index is 0.0593. The van der Waals surface area contributed by atoms with Gasteiger partial charge in [-0.2, -0.15) is 76.3 Å². The molecular weight excluding hydrogens is 713 g/mol. The van der Waals surface area contributed by atoms with E-state index in [0.29, 0.717) is 6.07 Å². The van der Waals surface area contributed by atoms with E-state index in [1.54, 1.807) is 18.2 Å². The highest BCUT2D eigenvalue weighted by Gasteiger charge is 2.44. The highest BCUT2D eigenvalue weighted by Crippen LogP contribution is 2.55. The first-order valence-electron chi connectivity index (χ1n) is 14.3. The molecule has 0 radical (unpaired) electrons. The van der Waals surface area contributed by atoms with Crippen LogP contribution in [-0.4, -0.2) is 0 Å². The molecule has 2 aliphatic rings. The third kappa shape index (κ3) is 5.90. The first-order valence-corrected chi connectivity index (χ1v) is 14.3. The highest BCUT2D eigenvalue weighted by atomic mass is 19.4. The molecule has 0 saturated heterocycles. The van der Waals surface area contributed by atoms with E-state index in [1.807, 2.05) is 6.07 Å². The zero-order valence-corrected chi connectivity index (χ0v) is 26.1. The van der Waals surface area contributed by atoms with Crippen molar-refractivity contribution < 1.29 is 39.5 Å². The Bertz CT molecular complexity index is 2580. The van der Waals surface area contributed by atoms with Gasteiger partial charge in [-0.25, -0.2) is 0 Å². The quantitative estimate of drug-likeness (QED) is 0.188.